The minimum absolute atomic E-state index is 0.0393. The van der Waals surface area contributed by atoms with Gasteiger partial charge in [0.05, 0.1) is 11.7 Å². The number of carbonyl (C=O) groups is 1. The minimum Gasteiger partial charge on any atom is -0.392 e. The summed E-state index contributed by atoms with van der Waals surface area (Å²) in [5.41, 5.74) is 0.590. The van der Waals surface area contributed by atoms with E-state index in [9.17, 15) is 15.0 Å². The number of likely N-dealkylation sites (tertiary alicyclic amines) is 1. The Hall–Kier alpha value is -1.59. The molecule has 5 heteroatoms. The van der Waals surface area contributed by atoms with Gasteiger partial charge in [0.2, 0.25) is 0 Å². The van der Waals surface area contributed by atoms with Crippen molar-refractivity contribution in [3.63, 3.8) is 0 Å². The molecule has 2 amide bonds. The van der Waals surface area contributed by atoms with Crippen molar-refractivity contribution in [2.75, 3.05) is 19.6 Å². The molecule has 0 bridgehead atoms. The van der Waals surface area contributed by atoms with Crippen molar-refractivity contribution < 1.29 is 15.0 Å². The van der Waals surface area contributed by atoms with Crippen LogP contribution in [-0.4, -0.2) is 52.5 Å². The fourth-order valence-corrected chi connectivity index (χ4v) is 4.31. The highest BCUT2D eigenvalue weighted by molar-refractivity contribution is 5.74. The first-order valence-corrected chi connectivity index (χ1v) is 10.0. The van der Waals surface area contributed by atoms with Gasteiger partial charge in [-0.05, 0) is 50.0 Å². The van der Waals surface area contributed by atoms with Gasteiger partial charge in [-0.15, -0.1) is 0 Å². The normalized spacial score (nSPS) is 21.5. The van der Waals surface area contributed by atoms with Gasteiger partial charge in [0.1, 0.15) is 0 Å². The Bertz CT molecular complexity index is 564. The third-order valence-electron chi connectivity index (χ3n) is 6.06. The van der Waals surface area contributed by atoms with Crippen LogP contribution in [-0.2, 0) is 6.42 Å². The molecule has 1 aliphatic carbocycles. The van der Waals surface area contributed by atoms with Gasteiger partial charge in [0, 0.05) is 19.6 Å². The van der Waals surface area contributed by atoms with Crippen molar-refractivity contribution in [3.8, 4) is 0 Å². The fraction of sp³-hybridized carbons (Fsp3) is 0.667. The lowest BCUT2D eigenvalue weighted by atomic mass is 9.88. The zero-order chi connectivity index (χ0) is 18.4. The SMILES string of the molecule is O=C(NCCC1(O)CCCC1)N1CCC(C(O)Cc2ccccc2)CC1. The summed E-state index contributed by atoms with van der Waals surface area (Å²) in [6.07, 6.45) is 6.53. The van der Waals surface area contributed by atoms with Gasteiger partial charge < -0.3 is 20.4 Å². The molecule has 1 aromatic carbocycles. The summed E-state index contributed by atoms with van der Waals surface area (Å²) in [4.78, 5) is 14.2. The smallest absolute Gasteiger partial charge is 0.317 e. The molecule has 1 unspecified atom stereocenters. The predicted octanol–water partition coefficient (Wildman–Crippen LogP) is 2.71. The van der Waals surface area contributed by atoms with Gasteiger partial charge in [-0.3, -0.25) is 0 Å². The van der Waals surface area contributed by atoms with Crippen LogP contribution in [0.5, 0.6) is 0 Å². The zero-order valence-corrected chi connectivity index (χ0v) is 15.6. The van der Waals surface area contributed by atoms with Crippen LogP contribution in [0.1, 0.15) is 50.5 Å². The van der Waals surface area contributed by atoms with Gasteiger partial charge in [-0.1, -0.05) is 43.2 Å². The van der Waals surface area contributed by atoms with E-state index in [0.717, 1.165) is 44.1 Å². The molecule has 2 aliphatic rings. The zero-order valence-electron chi connectivity index (χ0n) is 15.6. The number of amides is 2. The Morgan fingerprint density at radius 1 is 1.19 bits per heavy atom. The van der Waals surface area contributed by atoms with Crippen molar-refractivity contribution >= 4 is 6.03 Å². The molecule has 1 heterocycles. The van der Waals surface area contributed by atoms with Crippen LogP contribution >= 0.6 is 0 Å². The van der Waals surface area contributed by atoms with E-state index in [0.29, 0.717) is 32.5 Å². The van der Waals surface area contributed by atoms with E-state index in [-0.39, 0.29) is 18.1 Å². The van der Waals surface area contributed by atoms with Crippen molar-refractivity contribution in [1.29, 1.82) is 0 Å². The summed E-state index contributed by atoms with van der Waals surface area (Å²) >= 11 is 0. The monoisotopic (exact) mass is 360 g/mol. The van der Waals surface area contributed by atoms with Crippen molar-refractivity contribution in [2.45, 2.75) is 63.1 Å². The molecule has 0 radical (unpaired) electrons. The van der Waals surface area contributed by atoms with E-state index in [4.69, 9.17) is 0 Å². The van der Waals surface area contributed by atoms with Crippen molar-refractivity contribution in [2.24, 2.45) is 5.92 Å². The average Bonchev–Trinajstić information content (AvgIpc) is 3.09. The second-order valence-corrected chi connectivity index (χ2v) is 7.99. The maximum Gasteiger partial charge on any atom is 0.317 e. The molecule has 144 valence electrons. The Morgan fingerprint density at radius 3 is 2.50 bits per heavy atom. The standard InChI is InChI=1S/C21H32N2O3/c24-19(16-17-6-2-1-3-7-17)18-8-14-23(15-9-18)20(25)22-13-12-21(26)10-4-5-11-21/h1-3,6-7,18-19,24,26H,4-5,8-16H2,(H,22,25). The summed E-state index contributed by atoms with van der Waals surface area (Å²) in [5, 5.41) is 23.8. The molecule has 26 heavy (non-hydrogen) atoms. The molecule has 5 nitrogen and oxygen atoms in total. The number of carbonyl (C=O) groups excluding carboxylic acids is 1. The molecule has 0 aromatic heterocycles. The second kappa shape index (κ2) is 8.87. The molecule has 1 aliphatic heterocycles. The lowest BCUT2D eigenvalue weighted by Gasteiger charge is -2.34. The van der Waals surface area contributed by atoms with Crippen LogP contribution < -0.4 is 5.32 Å². The summed E-state index contributed by atoms with van der Waals surface area (Å²) in [7, 11) is 0. The number of aliphatic hydroxyl groups excluding tert-OH is 1. The maximum absolute atomic E-state index is 12.3. The van der Waals surface area contributed by atoms with Gasteiger partial charge in [0.15, 0.2) is 0 Å². The molecule has 2 fully saturated rings. The fourth-order valence-electron chi connectivity index (χ4n) is 4.31. The molecule has 1 saturated carbocycles. The van der Waals surface area contributed by atoms with Crippen LogP contribution in [0.2, 0.25) is 0 Å². The lowest BCUT2D eigenvalue weighted by Crippen LogP contribution is -2.47. The molecule has 1 saturated heterocycles. The van der Waals surface area contributed by atoms with Crippen molar-refractivity contribution in [1.82, 2.24) is 10.2 Å². The topological polar surface area (TPSA) is 72.8 Å². The van der Waals surface area contributed by atoms with Crippen LogP contribution in [0.4, 0.5) is 4.79 Å². The number of piperidine rings is 1. The van der Waals surface area contributed by atoms with Gasteiger partial charge in [0.25, 0.3) is 0 Å². The van der Waals surface area contributed by atoms with E-state index < -0.39 is 5.60 Å². The largest absolute Gasteiger partial charge is 0.392 e. The van der Waals surface area contributed by atoms with E-state index in [1.165, 1.54) is 0 Å². The number of aliphatic hydroxyl groups is 2. The Balaban J connectivity index is 1.36. The number of nitrogens with zero attached hydrogens (tertiary/aromatic N) is 1. The molecule has 1 aromatic rings. The van der Waals surface area contributed by atoms with Gasteiger partial charge in [-0.25, -0.2) is 4.79 Å². The molecule has 0 spiro atoms. The first kappa shape index (κ1) is 19.2. The number of rotatable bonds is 6. The molecule has 3 N–H and O–H groups in total. The molecular formula is C21H32N2O3. The summed E-state index contributed by atoms with van der Waals surface area (Å²) in [6.45, 7) is 1.91. The number of hydrogen-bond acceptors (Lipinski definition) is 3. The Morgan fingerprint density at radius 2 is 1.85 bits per heavy atom. The highest BCUT2D eigenvalue weighted by Crippen LogP contribution is 2.31. The highest BCUT2D eigenvalue weighted by Gasteiger charge is 2.31. The van der Waals surface area contributed by atoms with E-state index in [1.807, 2.05) is 35.2 Å². The van der Waals surface area contributed by atoms with E-state index >= 15 is 0 Å². The number of urea groups is 1. The summed E-state index contributed by atoms with van der Waals surface area (Å²) in [5.74, 6) is 0.249. The molecular weight excluding hydrogens is 328 g/mol. The quantitative estimate of drug-likeness (QED) is 0.730. The Labute approximate surface area is 156 Å². The molecule has 3 rings (SSSR count). The lowest BCUT2D eigenvalue weighted by molar-refractivity contribution is 0.0388. The number of nitrogens with one attached hydrogen (secondary N) is 1. The van der Waals surface area contributed by atoms with Crippen LogP contribution in [0.15, 0.2) is 30.3 Å². The summed E-state index contributed by atoms with van der Waals surface area (Å²) in [6, 6.07) is 10.0. The Kier molecular flexibility index (Phi) is 6.54. The summed E-state index contributed by atoms with van der Waals surface area (Å²) < 4.78 is 0. The van der Waals surface area contributed by atoms with E-state index in [1.54, 1.807) is 0 Å². The first-order chi connectivity index (χ1) is 12.6. The number of hydrogen-bond donors (Lipinski definition) is 3. The second-order valence-electron chi connectivity index (χ2n) is 7.99. The van der Waals surface area contributed by atoms with Crippen LogP contribution in [0.3, 0.4) is 0 Å². The third kappa shape index (κ3) is 5.21. The van der Waals surface area contributed by atoms with Gasteiger partial charge in [-0.2, -0.15) is 0 Å². The first-order valence-electron chi connectivity index (χ1n) is 10.0. The third-order valence-corrected chi connectivity index (χ3v) is 6.06. The average molecular weight is 360 g/mol. The van der Waals surface area contributed by atoms with Crippen LogP contribution in [0, 0.1) is 5.92 Å². The number of benzene rings is 1. The maximum atomic E-state index is 12.3. The predicted molar refractivity (Wildman–Crippen MR) is 102 cm³/mol. The highest BCUT2D eigenvalue weighted by atomic mass is 16.3. The minimum atomic E-state index is -0.568. The van der Waals surface area contributed by atoms with Crippen molar-refractivity contribution in [3.05, 3.63) is 35.9 Å². The van der Waals surface area contributed by atoms with E-state index in [2.05, 4.69) is 5.32 Å². The van der Waals surface area contributed by atoms with Gasteiger partial charge >= 0.3 is 6.03 Å². The van der Waals surface area contributed by atoms with Crippen LogP contribution in [0.25, 0.3) is 0 Å². The molecule has 1 atom stereocenters.